The van der Waals surface area contributed by atoms with Crippen molar-refractivity contribution < 1.29 is 9.53 Å². The summed E-state index contributed by atoms with van der Waals surface area (Å²) in [6.45, 7) is 9.42. The van der Waals surface area contributed by atoms with Crippen LogP contribution in [0.15, 0.2) is 0 Å². The molecular formula is C11H20NO2. The molecule has 14 heavy (non-hydrogen) atoms. The zero-order chi connectivity index (χ0) is 10.8. The lowest BCUT2D eigenvalue weighted by molar-refractivity contribution is 0.0498. The van der Waals surface area contributed by atoms with E-state index in [9.17, 15) is 4.79 Å². The molecule has 0 aromatic carbocycles. The zero-order valence-corrected chi connectivity index (χ0v) is 9.30. The van der Waals surface area contributed by atoms with Gasteiger partial charge in [-0.15, -0.1) is 0 Å². The molecule has 1 rings (SSSR count). The van der Waals surface area contributed by atoms with E-state index in [4.69, 9.17) is 4.74 Å². The Hall–Kier alpha value is -0.730. The predicted molar refractivity (Wildman–Crippen MR) is 55.9 cm³/mol. The van der Waals surface area contributed by atoms with Crippen LogP contribution < -0.4 is 5.32 Å². The molecule has 1 aliphatic carbocycles. The summed E-state index contributed by atoms with van der Waals surface area (Å²) < 4.78 is 5.17. The Labute approximate surface area is 86.2 Å². The second-order valence-electron chi connectivity index (χ2n) is 4.88. The fourth-order valence-corrected chi connectivity index (χ4v) is 1.38. The van der Waals surface area contributed by atoms with Gasteiger partial charge in [0.15, 0.2) is 0 Å². The fourth-order valence-electron chi connectivity index (χ4n) is 1.38. The van der Waals surface area contributed by atoms with Crippen LogP contribution in [-0.2, 0) is 4.74 Å². The van der Waals surface area contributed by atoms with E-state index in [1.807, 2.05) is 20.8 Å². The van der Waals surface area contributed by atoms with Crippen molar-refractivity contribution in [1.82, 2.24) is 5.32 Å². The molecule has 0 heterocycles. The van der Waals surface area contributed by atoms with Gasteiger partial charge >= 0.3 is 6.09 Å². The highest BCUT2D eigenvalue weighted by molar-refractivity contribution is 5.68. The van der Waals surface area contributed by atoms with Gasteiger partial charge in [-0.25, -0.2) is 4.79 Å². The van der Waals surface area contributed by atoms with E-state index in [0.29, 0.717) is 5.92 Å². The van der Waals surface area contributed by atoms with Crippen LogP contribution in [0.1, 0.15) is 40.0 Å². The molecule has 3 nitrogen and oxygen atoms in total. The smallest absolute Gasteiger partial charge is 0.407 e. The highest BCUT2D eigenvalue weighted by Gasteiger charge is 2.31. The van der Waals surface area contributed by atoms with Crippen molar-refractivity contribution >= 4 is 6.09 Å². The monoisotopic (exact) mass is 198 g/mol. The molecule has 0 aromatic heterocycles. The van der Waals surface area contributed by atoms with Gasteiger partial charge in [-0.2, -0.15) is 0 Å². The quantitative estimate of drug-likeness (QED) is 0.756. The normalized spacial score (nSPS) is 18.9. The Kier molecular flexibility index (Phi) is 3.40. The Morgan fingerprint density at radius 1 is 1.57 bits per heavy atom. The summed E-state index contributed by atoms with van der Waals surface area (Å²) in [6, 6.07) is 0.199. The van der Waals surface area contributed by atoms with Gasteiger partial charge in [-0.1, -0.05) is 6.92 Å². The van der Waals surface area contributed by atoms with Crippen molar-refractivity contribution in [2.24, 2.45) is 5.92 Å². The molecule has 1 aliphatic rings. The first-order chi connectivity index (χ1) is 6.42. The second kappa shape index (κ2) is 4.20. The van der Waals surface area contributed by atoms with Crippen LogP contribution in [0.4, 0.5) is 4.79 Å². The maximum absolute atomic E-state index is 11.4. The summed E-state index contributed by atoms with van der Waals surface area (Å²) >= 11 is 0. The zero-order valence-electron chi connectivity index (χ0n) is 9.30. The number of rotatable bonds is 3. The summed E-state index contributed by atoms with van der Waals surface area (Å²) in [5.41, 5.74) is -0.417. The van der Waals surface area contributed by atoms with E-state index in [1.54, 1.807) is 0 Å². The van der Waals surface area contributed by atoms with Crippen LogP contribution in [-0.4, -0.2) is 17.7 Å². The molecule has 1 fully saturated rings. The van der Waals surface area contributed by atoms with E-state index < -0.39 is 5.60 Å². The lowest BCUT2D eigenvalue weighted by atomic mass is 10.1. The molecule has 0 aromatic rings. The van der Waals surface area contributed by atoms with Crippen molar-refractivity contribution in [1.29, 1.82) is 0 Å². The average Bonchev–Trinajstić information content (AvgIpc) is 2.78. The van der Waals surface area contributed by atoms with Crippen molar-refractivity contribution in [2.75, 3.05) is 0 Å². The fraction of sp³-hybridized carbons (Fsp3) is 0.818. The lowest BCUT2D eigenvalue weighted by Gasteiger charge is -2.22. The number of nitrogens with one attached hydrogen (secondary N) is 1. The molecule has 1 amide bonds. The highest BCUT2D eigenvalue weighted by Crippen LogP contribution is 2.33. The number of amides is 1. The molecule has 81 valence electrons. The maximum atomic E-state index is 11.4. The van der Waals surface area contributed by atoms with Gasteiger partial charge in [0, 0.05) is 6.04 Å². The molecule has 1 unspecified atom stereocenters. The van der Waals surface area contributed by atoms with Crippen LogP contribution in [0, 0.1) is 12.8 Å². The number of hydrogen-bond acceptors (Lipinski definition) is 2. The summed E-state index contributed by atoms with van der Waals surface area (Å²) in [5, 5.41) is 2.86. The van der Waals surface area contributed by atoms with Crippen LogP contribution in [0.3, 0.4) is 0 Å². The van der Waals surface area contributed by atoms with E-state index in [0.717, 1.165) is 6.42 Å². The topological polar surface area (TPSA) is 38.3 Å². The van der Waals surface area contributed by atoms with Gasteiger partial charge < -0.3 is 10.1 Å². The Morgan fingerprint density at radius 3 is 2.50 bits per heavy atom. The molecule has 0 bridgehead atoms. The van der Waals surface area contributed by atoms with Gasteiger partial charge in [-0.05, 0) is 46.0 Å². The minimum Gasteiger partial charge on any atom is -0.444 e. The van der Waals surface area contributed by atoms with E-state index in [1.165, 1.54) is 12.8 Å². The minimum absolute atomic E-state index is 0.199. The molecule has 0 spiro atoms. The van der Waals surface area contributed by atoms with E-state index >= 15 is 0 Å². The van der Waals surface area contributed by atoms with E-state index in [-0.39, 0.29) is 12.1 Å². The summed E-state index contributed by atoms with van der Waals surface area (Å²) in [4.78, 5) is 11.4. The first kappa shape index (κ1) is 11.3. The summed E-state index contributed by atoms with van der Waals surface area (Å²) in [7, 11) is 0. The van der Waals surface area contributed by atoms with Gasteiger partial charge in [0.1, 0.15) is 5.60 Å². The molecule has 1 saturated carbocycles. The van der Waals surface area contributed by atoms with Gasteiger partial charge in [0.05, 0.1) is 0 Å². The summed E-state index contributed by atoms with van der Waals surface area (Å²) in [5.74, 6) is 0.625. The van der Waals surface area contributed by atoms with Crippen LogP contribution in [0.2, 0.25) is 0 Å². The Morgan fingerprint density at radius 2 is 2.14 bits per heavy atom. The van der Waals surface area contributed by atoms with E-state index in [2.05, 4.69) is 12.2 Å². The van der Waals surface area contributed by atoms with Gasteiger partial charge in [-0.3, -0.25) is 0 Å². The summed E-state index contributed by atoms with van der Waals surface area (Å²) in [6.07, 6.45) is 2.83. The average molecular weight is 198 g/mol. The van der Waals surface area contributed by atoms with Crippen molar-refractivity contribution in [3.8, 4) is 0 Å². The third-order valence-electron chi connectivity index (χ3n) is 2.20. The van der Waals surface area contributed by atoms with Crippen LogP contribution in [0.5, 0.6) is 0 Å². The first-order valence-electron chi connectivity index (χ1n) is 5.21. The number of ether oxygens (including phenoxy) is 1. The first-order valence-corrected chi connectivity index (χ1v) is 5.21. The molecule has 1 atom stereocenters. The van der Waals surface area contributed by atoms with Gasteiger partial charge in [0.2, 0.25) is 0 Å². The maximum Gasteiger partial charge on any atom is 0.407 e. The predicted octanol–water partition coefficient (Wildman–Crippen LogP) is 2.51. The molecule has 0 aliphatic heterocycles. The minimum atomic E-state index is -0.417. The lowest BCUT2D eigenvalue weighted by Crippen LogP contribution is -2.39. The Balaban J connectivity index is 2.31. The van der Waals surface area contributed by atoms with Crippen molar-refractivity contribution in [3.63, 3.8) is 0 Å². The third-order valence-corrected chi connectivity index (χ3v) is 2.20. The number of carbonyl (C=O) groups excluding carboxylic acids is 1. The molecule has 0 saturated heterocycles. The van der Waals surface area contributed by atoms with Crippen molar-refractivity contribution in [3.05, 3.63) is 6.92 Å². The molecule has 1 N–H and O–H groups in total. The van der Waals surface area contributed by atoms with Crippen molar-refractivity contribution in [2.45, 2.75) is 51.7 Å². The van der Waals surface area contributed by atoms with Crippen LogP contribution >= 0.6 is 0 Å². The number of alkyl carbamates (subject to hydrolysis) is 1. The number of carbonyl (C=O) groups is 1. The molecule has 1 radical (unpaired) electrons. The second-order valence-corrected chi connectivity index (χ2v) is 4.88. The number of hydrogen-bond donors (Lipinski definition) is 1. The molecule has 3 heteroatoms. The standard InChI is InChI=1S/C11H20NO2/c1-5-9(8-6-7-8)12-10(13)14-11(2,3)4/h8-9H,1,5-7H2,2-4H3,(H,12,13). The third kappa shape index (κ3) is 3.99. The van der Waals surface area contributed by atoms with Gasteiger partial charge in [0.25, 0.3) is 0 Å². The Bertz CT molecular complexity index is 204. The SMILES string of the molecule is [CH2]CC(NC(=O)OC(C)(C)C)C1CC1. The molecular weight excluding hydrogens is 178 g/mol. The largest absolute Gasteiger partial charge is 0.444 e. The van der Waals surface area contributed by atoms with Crippen LogP contribution in [0.25, 0.3) is 0 Å². The highest BCUT2D eigenvalue weighted by atomic mass is 16.6.